The molecule has 0 aliphatic carbocycles. The Hall–Kier alpha value is -2.05. The number of halogens is 3. The summed E-state index contributed by atoms with van der Waals surface area (Å²) >= 11 is 0. The molecule has 0 saturated heterocycles. The summed E-state index contributed by atoms with van der Waals surface area (Å²) in [5.74, 6) is -1.06. The van der Waals surface area contributed by atoms with Crippen LogP contribution in [0.2, 0.25) is 0 Å². The summed E-state index contributed by atoms with van der Waals surface area (Å²) in [7, 11) is 1.41. The summed E-state index contributed by atoms with van der Waals surface area (Å²) < 4.78 is 42.7. The number of hydrogen-bond donors (Lipinski definition) is 0. The van der Waals surface area contributed by atoms with Crippen LogP contribution in [0.3, 0.4) is 0 Å². The first-order valence-corrected chi connectivity index (χ1v) is 8.84. The zero-order valence-corrected chi connectivity index (χ0v) is 15.3. The Kier molecular flexibility index (Phi) is 9.16. The molecule has 0 bridgehead atoms. The first kappa shape index (κ1) is 22.0. The third-order valence-corrected chi connectivity index (χ3v) is 3.93. The molecule has 0 atom stereocenters. The second kappa shape index (κ2) is 10.8. The van der Waals surface area contributed by atoms with E-state index in [0.29, 0.717) is 6.61 Å². The van der Waals surface area contributed by atoms with Gasteiger partial charge >= 0.3 is 12.1 Å². The van der Waals surface area contributed by atoms with E-state index in [1.54, 1.807) is 0 Å². The van der Waals surface area contributed by atoms with Crippen LogP contribution in [0, 0.1) is 0 Å². The maximum Gasteiger partial charge on any atom is 0.416 e. The van der Waals surface area contributed by atoms with Crippen molar-refractivity contribution in [1.82, 2.24) is 4.90 Å². The van der Waals surface area contributed by atoms with E-state index in [1.807, 2.05) is 0 Å². The molecule has 1 aromatic rings. The molecule has 0 aliphatic heterocycles. The maximum absolute atomic E-state index is 12.5. The van der Waals surface area contributed by atoms with E-state index in [2.05, 4.69) is 6.92 Å². The minimum Gasteiger partial charge on any atom is -0.464 e. The van der Waals surface area contributed by atoms with Crippen LogP contribution in [0.15, 0.2) is 24.3 Å². The summed E-state index contributed by atoms with van der Waals surface area (Å²) in [4.78, 5) is 25.0. The molecule has 0 N–H and O–H groups in total. The quantitative estimate of drug-likeness (QED) is 0.442. The molecule has 1 aromatic carbocycles. The number of amides is 1. The van der Waals surface area contributed by atoms with Gasteiger partial charge in [0.15, 0.2) is 0 Å². The second-order valence-electron chi connectivity index (χ2n) is 6.22. The fourth-order valence-corrected chi connectivity index (χ4v) is 2.40. The lowest BCUT2D eigenvalue weighted by atomic mass is 10.1. The molecule has 146 valence electrons. The van der Waals surface area contributed by atoms with Gasteiger partial charge in [-0.2, -0.15) is 13.2 Å². The van der Waals surface area contributed by atoms with Gasteiger partial charge in [-0.1, -0.05) is 39.0 Å². The van der Waals surface area contributed by atoms with Crippen molar-refractivity contribution in [3.63, 3.8) is 0 Å². The molecule has 0 heterocycles. The van der Waals surface area contributed by atoms with Crippen molar-refractivity contribution in [2.45, 2.75) is 51.6 Å². The van der Waals surface area contributed by atoms with Gasteiger partial charge in [0.05, 0.1) is 12.2 Å². The predicted molar refractivity (Wildman–Crippen MR) is 92.7 cm³/mol. The molecule has 4 nitrogen and oxygen atoms in total. The number of unbranched alkanes of at least 4 members (excludes halogenated alkanes) is 5. The number of carbonyl (C=O) groups is 2. The van der Waals surface area contributed by atoms with Crippen LogP contribution in [0.1, 0.15) is 61.4 Å². The largest absolute Gasteiger partial charge is 0.464 e. The number of carbonyl (C=O) groups excluding carboxylic acids is 2. The molecule has 0 spiro atoms. The van der Waals surface area contributed by atoms with Crippen LogP contribution in [0.25, 0.3) is 0 Å². The fraction of sp³-hybridized carbons (Fsp3) is 0.579. The number of nitrogens with zero attached hydrogens (tertiary/aromatic N) is 1. The first-order valence-electron chi connectivity index (χ1n) is 8.84. The number of alkyl halides is 3. The average Bonchev–Trinajstić information content (AvgIpc) is 2.59. The molecule has 0 unspecified atom stereocenters. The zero-order valence-electron chi connectivity index (χ0n) is 15.3. The molecule has 0 radical (unpaired) electrons. The van der Waals surface area contributed by atoms with Crippen molar-refractivity contribution in [2.24, 2.45) is 0 Å². The molecule has 1 rings (SSSR count). The van der Waals surface area contributed by atoms with Gasteiger partial charge in [0, 0.05) is 12.6 Å². The molecule has 1 amide bonds. The average molecular weight is 373 g/mol. The van der Waals surface area contributed by atoms with Gasteiger partial charge in [-0.3, -0.25) is 9.59 Å². The standard InChI is InChI=1S/C19H26F3NO3/c1-3-4-5-6-7-8-13-26-17(24)14-23(2)18(25)15-9-11-16(12-10-15)19(20,21)22/h9-12H,3-8,13-14H2,1-2H3. The minimum absolute atomic E-state index is 0.0872. The van der Waals surface area contributed by atoms with Crippen molar-refractivity contribution in [3.8, 4) is 0 Å². The molecule has 0 fully saturated rings. The van der Waals surface area contributed by atoms with Crippen LogP contribution in [0.5, 0.6) is 0 Å². The highest BCUT2D eigenvalue weighted by Gasteiger charge is 2.30. The Morgan fingerprint density at radius 2 is 1.58 bits per heavy atom. The van der Waals surface area contributed by atoms with Crippen LogP contribution in [-0.4, -0.2) is 37.0 Å². The highest BCUT2D eigenvalue weighted by molar-refractivity contribution is 5.95. The lowest BCUT2D eigenvalue weighted by Gasteiger charge is -2.17. The van der Waals surface area contributed by atoms with Gasteiger partial charge in [-0.25, -0.2) is 0 Å². The summed E-state index contributed by atoms with van der Waals surface area (Å²) in [5.41, 5.74) is -0.737. The third-order valence-electron chi connectivity index (χ3n) is 3.93. The Balaban J connectivity index is 2.36. The van der Waals surface area contributed by atoms with Crippen molar-refractivity contribution in [2.75, 3.05) is 20.2 Å². The highest BCUT2D eigenvalue weighted by atomic mass is 19.4. The second-order valence-corrected chi connectivity index (χ2v) is 6.22. The summed E-state index contributed by atoms with van der Waals surface area (Å²) in [6, 6.07) is 3.89. The van der Waals surface area contributed by atoms with Gasteiger partial charge in [-0.05, 0) is 30.7 Å². The molecule has 0 saturated carbocycles. The van der Waals surface area contributed by atoms with Crippen molar-refractivity contribution < 1.29 is 27.5 Å². The number of hydrogen-bond acceptors (Lipinski definition) is 3. The van der Waals surface area contributed by atoms with Crippen molar-refractivity contribution in [3.05, 3.63) is 35.4 Å². The molecule has 7 heteroatoms. The number of rotatable bonds is 10. The number of ether oxygens (including phenoxy) is 1. The van der Waals surface area contributed by atoms with E-state index < -0.39 is 23.6 Å². The summed E-state index contributed by atoms with van der Waals surface area (Å²) in [5, 5.41) is 0. The molecule has 0 aromatic heterocycles. The van der Waals surface area contributed by atoms with Crippen molar-refractivity contribution >= 4 is 11.9 Å². The molecular weight excluding hydrogens is 347 g/mol. The van der Waals surface area contributed by atoms with Crippen molar-refractivity contribution in [1.29, 1.82) is 0 Å². The smallest absolute Gasteiger partial charge is 0.416 e. The summed E-state index contributed by atoms with van der Waals surface area (Å²) in [6.45, 7) is 2.22. The van der Waals surface area contributed by atoms with E-state index in [0.717, 1.165) is 48.4 Å². The monoisotopic (exact) mass is 373 g/mol. The van der Waals surface area contributed by atoms with E-state index in [9.17, 15) is 22.8 Å². The molecule has 0 aliphatic rings. The molecule has 26 heavy (non-hydrogen) atoms. The number of esters is 1. The minimum atomic E-state index is -4.45. The van der Waals surface area contributed by atoms with Crippen LogP contribution in [0.4, 0.5) is 13.2 Å². The Bertz CT molecular complexity index is 570. The van der Waals surface area contributed by atoms with Gasteiger partial charge < -0.3 is 9.64 Å². The van der Waals surface area contributed by atoms with Crippen LogP contribution in [-0.2, 0) is 15.7 Å². The molecular formula is C19H26F3NO3. The lowest BCUT2D eigenvalue weighted by molar-refractivity contribution is -0.144. The third kappa shape index (κ3) is 7.89. The van der Waals surface area contributed by atoms with E-state index >= 15 is 0 Å². The van der Waals surface area contributed by atoms with E-state index in [4.69, 9.17) is 4.74 Å². The Morgan fingerprint density at radius 1 is 1.00 bits per heavy atom. The van der Waals surface area contributed by atoms with Gasteiger partial charge in [0.25, 0.3) is 5.91 Å². The lowest BCUT2D eigenvalue weighted by Crippen LogP contribution is -2.33. The first-order chi connectivity index (χ1) is 12.3. The zero-order chi connectivity index (χ0) is 19.6. The number of likely N-dealkylation sites (N-methyl/N-ethyl adjacent to an activating group) is 1. The Morgan fingerprint density at radius 3 is 2.15 bits per heavy atom. The number of benzene rings is 1. The SMILES string of the molecule is CCCCCCCCOC(=O)CN(C)C(=O)c1ccc(C(F)(F)F)cc1. The maximum atomic E-state index is 12.5. The van der Waals surface area contributed by atoms with Gasteiger partial charge in [0.2, 0.25) is 0 Å². The normalized spacial score (nSPS) is 11.3. The predicted octanol–water partition coefficient (Wildman–Crippen LogP) is 4.68. The van der Waals surface area contributed by atoms with Crippen LogP contribution < -0.4 is 0 Å². The van der Waals surface area contributed by atoms with E-state index in [1.165, 1.54) is 26.3 Å². The van der Waals surface area contributed by atoms with Gasteiger partial charge in [-0.15, -0.1) is 0 Å². The van der Waals surface area contributed by atoms with E-state index in [-0.39, 0.29) is 12.1 Å². The topological polar surface area (TPSA) is 46.6 Å². The highest BCUT2D eigenvalue weighted by Crippen LogP contribution is 2.29. The summed E-state index contributed by atoms with van der Waals surface area (Å²) in [6.07, 6.45) is 1.99. The fourth-order valence-electron chi connectivity index (χ4n) is 2.40. The Labute approximate surface area is 152 Å². The van der Waals surface area contributed by atoms with Crippen LogP contribution >= 0.6 is 0 Å². The van der Waals surface area contributed by atoms with Gasteiger partial charge in [0.1, 0.15) is 6.54 Å².